The SMILES string of the molecule is N=C(N)c1ccc(CCC(=O)N2c3ccc(-c4ccccc4)cc3CCC2S(N)(=O)=O)cc1. The van der Waals surface area contributed by atoms with Crippen molar-refractivity contribution in [3.63, 3.8) is 0 Å². The molecular formula is C25H26N4O3S. The molecule has 0 saturated carbocycles. The van der Waals surface area contributed by atoms with E-state index in [1.807, 2.05) is 60.7 Å². The van der Waals surface area contributed by atoms with Crippen molar-refractivity contribution >= 4 is 27.5 Å². The van der Waals surface area contributed by atoms with E-state index in [1.54, 1.807) is 12.1 Å². The first kappa shape index (κ1) is 22.7. The van der Waals surface area contributed by atoms with E-state index in [2.05, 4.69) is 0 Å². The molecule has 1 atom stereocenters. The number of nitrogen functional groups attached to an aromatic ring is 1. The molecule has 1 aliphatic rings. The van der Waals surface area contributed by atoms with Gasteiger partial charge >= 0.3 is 0 Å². The number of nitrogens with zero attached hydrogens (tertiary/aromatic N) is 1. The number of nitrogens with two attached hydrogens (primary N) is 2. The Labute approximate surface area is 193 Å². The third-order valence-electron chi connectivity index (χ3n) is 5.94. The molecule has 33 heavy (non-hydrogen) atoms. The highest BCUT2D eigenvalue weighted by atomic mass is 32.2. The summed E-state index contributed by atoms with van der Waals surface area (Å²) < 4.78 is 24.7. The maximum absolute atomic E-state index is 13.3. The van der Waals surface area contributed by atoms with Gasteiger partial charge in [-0.3, -0.25) is 15.1 Å². The third kappa shape index (κ3) is 4.97. The average Bonchev–Trinajstić information content (AvgIpc) is 2.81. The highest BCUT2D eigenvalue weighted by Gasteiger charge is 2.37. The molecular weight excluding hydrogens is 436 g/mol. The summed E-state index contributed by atoms with van der Waals surface area (Å²) in [5, 5.41) is 11.9. The molecule has 1 amide bonds. The average molecular weight is 463 g/mol. The van der Waals surface area contributed by atoms with Crippen molar-refractivity contribution in [3.05, 3.63) is 89.5 Å². The van der Waals surface area contributed by atoms with Gasteiger partial charge in [-0.2, -0.15) is 0 Å². The van der Waals surface area contributed by atoms with E-state index in [9.17, 15) is 13.2 Å². The summed E-state index contributed by atoms with van der Waals surface area (Å²) in [6, 6.07) is 22.7. The molecule has 0 aliphatic carbocycles. The molecule has 3 aromatic rings. The second kappa shape index (κ2) is 9.17. The summed E-state index contributed by atoms with van der Waals surface area (Å²) in [5.41, 5.74) is 10.6. The summed E-state index contributed by atoms with van der Waals surface area (Å²) >= 11 is 0. The molecule has 170 valence electrons. The van der Waals surface area contributed by atoms with Crippen LogP contribution in [-0.4, -0.2) is 25.5 Å². The standard InChI is InChI=1S/C25H26N4O3S/c26-25(27)19-9-6-17(7-10-19)8-14-23(30)29-22-13-11-20(18-4-2-1-3-5-18)16-21(22)12-15-24(29)33(28,31)32/h1-7,9-11,13,16,24H,8,12,14-15H2,(H3,26,27)(H2,28,31,32). The first-order valence-electron chi connectivity index (χ1n) is 10.7. The van der Waals surface area contributed by atoms with E-state index in [1.165, 1.54) is 4.90 Å². The van der Waals surface area contributed by atoms with Gasteiger partial charge in [-0.25, -0.2) is 13.6 Å². The lowest BCUT2D eigenvalue weighted by Gasteiger charge is -2.36. The molecule has 3 aromatic carbocycles. The van der Waals surface area contributed by atoms with E-state index in [4.69, 9.17) is 16.3 Å². The summed E-state index contributed by atoms with van der Waals surface area (Å²) in [6.45, 7) is 0. The number of sulfonamides is 1. The normalized spacial score (nSPS) is 15.7. The Morgan fingerprint density at radius 2 is 1.70 bits per heavy atom. The zero-order valence-corrected chi connectivity index (χ0v) is 18.9. The molecule has 7 nitrogen and oxygen atoms in total. The van der Waals surface area contributed by atoms with Gasteiger partial charge in [-0.15, -0.1) is 0 Å². The van der Waals surface area contributed by atoms with Crippen molar-refractivity contribution in [1.29, 1.82) is 5.41 Å². The molecule has 1 heterocycles. The van der Waals surface area contributed by atoms with Crippen LogP contribution in [0.1, 0.15) is 29.5 Å². The first-order valence-corrected chi connectivity index (χ1v) is 12.3. The molecule has 0 aromatic heterocycles. The third-order valence-corrected chi connectivity index (χ3v) is 7.14. The van der Waals surface area contributed by atoms with Crippen LogP contribution in [-0.2, 0) is 27.7 Å². The first-order chi connectivity index (χ1) is 15.7. The number of fused-ring (bicyclic) bond motifs is 1. The van der Waals surface area contributed by atoms with Crippen LogP contribution in [0.2, 0.25) is 0 Å². The van der Waals surface area contributed by atoms with E-state index >= 15 is 0 Å². The van der Waals surface area contributed by atoms with Crippen molar-refractivity contribution in [2.24, 2.45) is 10.9 Å². The van der Waals surface area contributed by atoms with Crippen molar-refractivity contribution in [2.75, 3.05) is 4.90 Å². The Morgan fingerprint density at radius 3 is 2.33 bits per heavy atom. The number of amides is 1. The molecule has 0 spiro atoms. The predicted octanol–water partition coefficient (Wildman–Crippen LogP) is 3.16. The van der Waals surface area contributed by atoms with Crippen LogP contribution in [0.3, 0.4) is 0 Å². The van der Waals surface area contributed by atoms with Crippen molar-refractivity contribution in [3.8, 4) is 11.1 Å². The molecule has 5 N–H and O–H groups in total. The Balaban J connectivity index is 1.61. The van der Waals surface area contributed by atoms with Gasteiger partial charge in [0.2, 0.25) is 15.9 Å². The molecule has 8 heteroatoms. The van der Waals surface area contributed by atoms with Gasteiger partial charge in [-0.05, 0) is 53.6 Å². The van der Waals surface area contributed by atoms with Crippen LogP contribution in [0.15, 0.2) is 72.8 Å². The van der Waals surface area contributed by atoms with E-state index < -0.39 is 15.4 Å². The zero-order valence-electron chi connectivity index (χ0n) is 18.1. The van der Waals surface area contributed by atoms with Gasteiger partial charge in [0.25, 0.3) is 0 Å². The number of primary sulfonamides is 1. The monoisotopic (exact) mass is 462 g/mol. The highest BCUT2D eigenvalue weighted by molar-refractivity contribution is 7.89. The fourth-order valence-corrected chi connectivity index (χ4v) is 5.19. The van der Waals surface area contributed by atoms with Crippen LogP contribution in [0.25, 0.3) is 11.1 Å². The predicted molar refractivity (Wildman–Crippen MR) is 130 cm³/mol. The fraction of sp³-hybridized carbons (Fsp3) is 0.200. The van der Waals surface area contributed by atoms with Crippen LogP contribution in [0.4, 0.5) is 5.69 Å². The van der Waals surface area contributed by atoms with Crippen molar-refractivity contribution < 1.29 is 13.2 Å². The van der Waals surface area contributed by atoms with Crippen molar-refractivity contribution in [1.82, 2.24) is 0 Å². The number of rotatable bonds is 6. The van der Waals surface area contributed by atoms with Crippen LogP contribution in [0, 0.1) is 5.41 Å². The number of hydrogen-bond acceptors (Lipinski definition) is 4. The summed E-state index contributed by atoms with van der Waals surface area (Å²) in [6.07, 6.45) is 1.34. The van der Waals surface area contributed by atoms with Gasteiger partial charge < -0.3 is 5.73 Å². The van der Waals surface area contributed by atoms with Crippen LogP contribution in [0.5, 0.6) is 0 Å². The summed E-state index contributed by atoms with van der Waals surface area (Å²) in [7, 11) is -3.96. The minimum atomic E-state index is -3.96. The number of benzene rings is 3. The van der Waals surface area contributed by atoms with Crippen molar-refractivity contribution in [2.45, 2.75) is 31.1 Å². The number of amidine groups is 1. The topological polar surface area (TPSA) is 130 Å². The second-order valence-corrected chi connectivity index (χ2v) is 9.89. The van der Waals surface area contributed by atoms with Gasteiger partial charge in [-0.1, -0.05) is 60.7 Å². The smallest absolute Gasteiger partial charge is 0.230 e. The number of hydrogen-bond donors (Lipinski definition) is 3. The zero-order chi connectivity index (χ0) is 23.6. The quantitative estimate of drug-likeness (QED) is 0.384. The Morgan fingerprint density at radius 1 is 1.00 bits per heavy atom. The summed E-state index contributed by atoms with van der Waals surface area (Å²) in [4.78, 5) is 14.6. The number of carbonyl (C=O) groups excluding carboxylic acids is 1. The Kier molecular flexibility index (Phi) is 6.31. The van der Waals surface area contributed by atoms with Crippen LogP contribution >= 0.6 is 0 Å². The Hall–Kier alpha value is -3.49. The van der Waals surface area contributed by atoms with Crippen LogP contribution < -0.4 is 15.8 Å². The molecule has 4 rings (SSSR count). The largest absolute Gasteiger partial charge is 0.384 e. The van der Waals surface area contributed by atoms with Gasteiger partial charge in [0, 0.05) is 17.7 Å². The lowest BCUT2D eigenvalue weighted by atomic mass is 9.95. The number of nitrogens with one attached hydrogen (secondary N) is 1. The molecule has 0 saturated heterocycles. The lowest BCUT2D eigenvalue weighted by molar-refractivity contribution is -0.118. The number of carbonyl (C=O) groups is 1. The minimum Gasteiger partial charge on any atom is -0.384 e. The molecule has 0 radical (unpaired) electrons. The molecule has 1 aliphatic heterocycles. The van der Waals surface area contributed by atoms with E-state index in [0.717, 1.165) is 22.3 Å². The number of aryl methyl sites for hydroxylation is 2. The van der Waals surface area contributed by atoms with Gasteiger partial charge in [0.05, 0.1) is 0 Å². The van der Waals surface area contributed by atoms with Gasteiger partial charge in [0.1, 0.15) is 5.84 Å². The molecule has 1 unspecified atom stereocenters. The maximum Gasteiger partial charge on any atom is 0.230 e. The number of anilines is 1. The van der Waals surface area contributed by atoms with Gasteiger partial charge in [0.15, 0.2) is 5.37 Å². The second-order valence-electron chi connectivity index (χ2n) is 8.17. The molecule has 0 fully saturated rings. The van der Waals surface area contributed by atoms with E-state index in [-0.39, 0.29) is 24.6 Å². The lowest BCUT2D eigenvalue weighted by Crippen LogP contribution is -2.50. The summed E-state index contributed by atoms with van der Waals surface area (Å²) in [5.74, 6) is -0.313. The van der Waals surface area contributed by atoms with E-state index in [0.29, 0.717) is 24.1 Å². The minimum absolute atomic E-state index is 0.0200. The maximum atomic E-state index is 13.3. The molecule has 0 bridgehead atoms. The fourth-order valence-electron chi connectivity index (χ4n) is 4.22. The highest BCUT2D eigenvalue weighted by Crippen LogP contribution is 2.36. The Bertz CT molecular complexity index is 1290.